The molecule has 40 heavy (non-hydrogen) atoms. The van der Waals surface area contributed by atoms with E-state index in [1.165, 1.54) is 24.4 Å². The Labute approximate surface area is 251 Å². The van der Waals surface area contributed by atoms with Gasteiger partial charge in [-0.05, 0) is 70.7 Å². The van der Waals surface area contributed by atoms with Crippen molar-refractivity contribution in [1.82, 2.24) is 10.7 Å². The van der Waals surface area contributed by atoms with Crippen molar-refractivity contribution in [3.63, 3.8) is 0 Å². The summed E-state index contributed by atoms with van der Waals surface area (Å²) in [6.07, 6.45) is 1.46. The van der Waals surface area contributed by atoms with Gasteiger partial charge < -0.3 is 14.8 Å². The number of hydrazone groups is 1. The van der Waals surface area contributed by atoms with Crippen LogP contribution in [0.4, 0.5) is 0 Å². The first kappa shape index (κ1) is 31.0. The molecule has 8 nitrogen and oxygen atoms in total. The van der Waals surface area contributed by atoms with Gasteiger partial charge in [-0.3, -0.25) is 9.59 Å². The maximum absolute atomic E-state index is 12.9. The summed E-state index contributed by atoms with van der Waals surface area (Å²) in [4.78, 5) is 25.6. The van der Waals surface area contributed by atoms with Gasteiger partial charge in [-0.1, -0.05) is 55.2 Å². The van der Waals surface area contributed by atoms with Gasteiger partial charge in [-0.2, -0.15) is 10.4 Å². The molecule has 1 unspecified atom stereocenters. The summed E-state index contributed by atoms with van der Waals surface area (Å²) >= 11 is 15.5. The van der Waals surface area contributed by atoms with E-state index in [0.717, 1.165) is 5.56 Å². The quantitative estimate of drug-likeness (QED) is 0.182. The number of carbonyl (C=O) groups is 2. The molecule has 0 saturated heterocycles. The number of nitriles is 1. The van der Waals surface area contributed by atoms with Gasteiger partial charge in [0.25, 0.3) is 11.8 Å². The van der Waals surface area contributed by atoms with Crippen LogP contribution in [0.15, 0.2) is 64.2 Å². The summed E-state index contributed by atoms with van der Waals surface area (Å²) in [5.74, 6) is -0.230. The highest BCUT2D eigenvalue weighted by atomic mass is 79.9. The molecule has 208 valence electrons. The molecule has 3 aromatic rings. The van der Waals surface area contributed by atoms with E-state index in [1.54, 1.807) is 24.3 Å². The van der Waals surface area contributed by atoms with E-state index < -0.39 is 17.9 Å². The fraction of sp³-hybridized carbons (Fsp3) is 0.241. The standard InChI is InChI=1S/C29H27BrCl2N4O4/c1-4-39-25-12-18(11-22(30)27(25)40-16-21-8-6-5-7-20(21)14-33)15-34-36-29(38)26(17(2)3)35-28(37)19-9-10-23(31)24(32)13-19/h5-13,15,17,26H,4,16H2,1-3H3,(H,35,37)(H,36,38). The van der Waals surface area contributed by atoms with E-state index in [4.69, 9.17) is 32.7 Å². The first-order valence-corrected chi connectivity index (χ1v) is 13.8. The molecular weight excluding hydrogens is 619 g/mol. The smallest absolute Gasteiger partial charge is 0.262 e. The predicted octanol–water partition coefficient (Wildman–Crippen LogP) is 6.51. The second kappa shape index (κ2) is 14.7. The number of hydrogen-bond donors (Lipinski definition) is 2. The minimum atomic E-state index is -0.850. The Balaban J connectivity index is 1.71. The lowest BCUT2D eigenvalue weighted by molar-refractivity contribution is -0.123. The van der Waals surface area contributed by atoms with Crippen LogP contribution in [0.1, 0.15) is 47.8 Å². The number of benzene rings is 3. The van der Waals surface area contributed by atoms with Crippen LogP contribution >= 0.6 is 39.1 Å². The summed E-state index contributed by atoms with van der Waals surface area (Å²) in [5, 5.41) is 16.7. The number of nitrogens with zero attached hydrogens (tertiary/aromatic N) is 2. The minimum Gasteiger partial charge on any atom is -0.490 e. The lowest BCUT2D eigenvalue weighted by atomic mass is 10.0. The molecule has 0 spiro atoms. The topological polar surface area (TPSA) is 113 Å². The van der Waals surface area contributed by atoms with Crippen LogP contribution in [0.3, 0.4) is 0 Å². The van der Waals surface area contributed by atoms with Crippen LogP contribution in [0.5, 0.6) is 11.5 Å². The zero-order valence-electron chi connectivity index (χ0n) is 22.0. The van der Waals surface area contributed by atoms with Crippen LogP contribution in [0, 0.1) is 17.2 Å². The number of amides is 2. The van der Waals surface area contributed by atoms with E-state index in [9.17, 15) is 14.9 Å². The predicted molar refractivity (Wildman–Crippen MR) is 159 cm³/mol. The molecule has 2 amide bonds. The molecule has 0 aliphatic heterocycles. The molecule has 2 N–H and O–H groups in total. The average molecular weight is 646 g/mol. The number of nitrogens with one attached hydrogen (secondary N) is 2. The number of ether oxygens (including phenoxy) is 2. The van der Waals surface area contributed by atoms with E-state index in [1.807, 2.05) is 32.9 Å². The van der Waals surface area contributed by atoms with Gasteiger partial charge in [0.1, 0.15) is 12.6 Å². The van der Waals surface area contributed by atoms with Gasteiger partial charge in [0.2, 0.25) is 0 Å². The van der Waals surface area contributed by atoms with Gasteiger partial charge in [0.05, 0.1) is 39.0 Å². The Kier molecular flexibility index (Phi) is 11.4. The van der Waals surface area contributed by atoms with Gasteiger partial charge in [0, 0.05) is 11.1 Å². The molecule has 0 bridgehead atoms. The molecule has 0 saturated carbocycles. The first-order chi connectivity index (χ1) is 19.1. The van der Waals surface area contributed by atoms with Crippen molar-refractivity contribution in [1.29, 1.82) is 5.26 Å². The summed E-state index contributed by atoms with van der Waals surface area (Å²) < 4.78 is 12.4. The lowest BCUT2D eigenvalue weighted by Crippen LogP contribution is -2.48. The molecule has 0 aliphatic rings. The monoisotopic (exact) mass is 644 g/mol. The Bertz CT molecular complexity index is 1460. The number of hydrogen-bond acceptors (Lipinski definition) is 6. The lowest BCUT2D eigenvalue weighted by Gasteiger charge is -2.20. The normalized spacial score (nSPS) is 11.7. The highest BCUT2D eigenvalue weighted by molar-refractivity contribution is 9.10. The highest BCUT2D eigenvalue weighted by Gasteiger charge is 2.25. The molecule has 11 heteroatoms. The SMILES string of the molecule is CCOc1cc(C=NNC(=O)C(NC(=O)c2ccc(Cl)c(Cl)c2)C(C)C)cc(Br)c1OCc1ccccc1C#N. The van der Waals surface area contributed by atoms with Crippen LogP contribution in [-0.2, 0) is 11.4 Å². The summed E-state index contributed by atoms with van der Waals surface area (Å²) in [6.45, 7) is 6.03. The molecule has 0 aromatic heterocycles. The second-order valence-electron chi connectivity index (χ2n) is 8.88. The van der Waals surface area contributed by atoms with E-state index in [0.29, 0.717) is 38.7 Å². The van der Waals surface area contributed by atoms with Gasteiger partial charge in [-0.25, -0.2) is 5.43 Å². The third kappa shape index (κ3) is 8.21. The van der Waals surface area contributed by atoms with Crippen LogP contribution in [0.2, 0.25) is 10.0 Å². The van der Waals surface area contributed by atoms with E-state index in [2.05, 4.69) is 37.8 Å². The van der Waals surface area contributed by atoms with Gasteiger partial charge in [-0.15, -0.1) is 0 Å². The van der Waals surface area contributed by atoms with Crippen LogP contribution in [0.25, 0.3) is 0 Å². The van der Waals surface area contributed by atoms with E-state index >= 15 is 0 Å². The molecular formula is C29H27BrCl2N4O4. The van der Waals surface area contributed by atoms with Gasteiger partial charge in [0.15, 0.2) is 11.5 Å². The molecule has 1 atom stereocenters. The van der Waals surface area contributed by atoms with Crippen molar-refractivity contribution >= 4 is 57.2 Å². The van der Waals surface area contributed by atoms with Crippen molar-refractivity contribution in [3.05, 3.63) is 91.4 Å². The third-order valence-corrected chi connectivity index (χ3v) is 6.98. The molecule has 3 rings (SSSR count). The fourth-order valence-electron chi connectivity index (χ4n) is 3.61. The maximum atomic E-state index is 12.9. The van der Waals surface area contributed by atoms with Crippen LogP contribution in [-0.4, -0.2) is 30.7 Å². The van der Waals surface area contributed by atoms with Crippen molar-refractivity contribution in [3.8, 4) is 17.6 Å². The van der Waals surface area contributed by atoms with E-state index in [-0.39, 0.29) is 23.1 Å². The van der Waals surface area contributed by atoms with Crippen molar-refractivity contribution in [2.45, 2.75) is 33.4 Å². The number of halogens is 3. The maximum Gasteiger partial charge on any atom is 0.262 e. The fourth-order valence-corrected chi connectivity index (χ4v) is 4.48. The molecule has 0 radical (unpaired) electrons. The zero-order chi connectivity index (χ0) is 29.2. The van der Waals surface area contributed by atoms with Crippen molar-refractivity contribution < 1.29 is 19.1 Å². The number of rotatable bonds is 11. The Morgan fingerprint density at radius 1 is 1.10 bits per heavy atom. The summed E-state index contributed by atoms with van der Waals surface area (Å²) in [6, 6.07) is 16.5. The molecule has 0 aliphatic carbocycles. The minimum absolute atomic E-state index is 0.177. The van der Waals surface area contributed by atoms with Crippen molar-refractivity contribution in [2.24, 2.45) is 11.0 Å². The number of carbonyl (C=O) groups excluding carboxylic acids is 2. The summed E-state index contributed by atoms with van der Waals surface area (Å²) in [5.41, 5.74) is 4.67. The zero-order valence-corrected chi connectivity index (χ0v) is 25.1. The second-order valence-corrected chi connectivity index (χ2v) is 10.5. The molecule has 3 aromatic carbocycles. The average Bonchev–Trinajstić information content (AvgIpc) is 2.92. The largest absolute Gasteiger partial charge is 0.490 e. The molecule has 0 fully saturated rings. The third-order valence-electron chi connectivity index (χ3n) is 5.65. The van der Waals surface area contributed by atoms with Crippen molar-refractivity contribution in [2.75, 3.05) is 6.61 Å². The van der Waals surface area contributed by atoms with Crippen LogP contribution < -0.4 is 20.2 Å². The highest BCUT2D eigenvalue weighted by Crippen LogP contribution is 2.37. The molecule has 0 heterocycles. The Morgan fingerprint density at radius 3 is 2.52 bits per heavy atom. The summed E-state index contributed by atoms with van der Waals surface area (Å²) in [7, 11) is 0. The first-order valence-electron chi connectivity index (χ1n) is 12.3. The Morgan fingerprint density at radius 2 is 1.85 bits per heavy atom. The Hall–Kier alpha value is -3.58. The van der Waals surface area contributed by atoms with Gasteiger partial charge >= 0.3 is 0 Å².